The Hall–Kier alpha value is -2.49. The molecule has 24 heavy (non-hydrogen) atoms. The molecule has 2 rings (SSSR count). The first kappa shape index (κ1) is 17.9. The Bertz CT molecular complexity index is 710. The van der Waals surface area contributed by atoms with E-state index < -0.39 is 6.09 Å². The largest absolute Gasteiger partial charge is 0.489 e. The van der Waals surface area contributed by atoms with Crippen LogP contribution >= 0.6 is 0 Å². The third-order valence-corrected chi connectivity index (χ3v) is 3.89. The van der Waals surface area contributed by atoms with Crippen molar-refractivity contribution >= 4 is 11.8 Å². The molecular formula is C20H25NO3. The molecule has 2 aromatic carbocycles. The Morgan fingerprint density at radius 1 is 1.08 bits per heavy atom. The quantitative estimate of drug-likeness (QED) is 0.811. The Morgan fingerprint density at radius 3 is 2.54 bits per heavy atom. The average molecular weight is 327 g/mol. The molecule has 2 aromatic rings. The van der Waals surface area contributed by atoms with Crippen LogP contribution in [0.25, 0.3) is 0 Å². The summed E-state index contributed by atoms with van der Waals surface area (Å²) in [5.41, 5.74) is 5.05. The molecule has 0 saturated carbocycles. The van der Waals surface area contributed by atoms with Gasteiger partial charge in [0.05, 0.1) is 12.3 Å². The molecule has 4 heteroatoms. The molecule has 0 spiro atoms. The highest BCUT2D eigenvalue weighted by molar-refractivity contribution is 5.86. The Balaban J connectivity index is 2.15. The van der Waals surface area contributed by atoms with Gasteiger partial charge in [0.2, 0.25) is 0 Å². The highest BCUT2D eigenvalue weighted by atomic mass is 16.5. The topological polar surface area (TPSA) is 47.6 Å². The third kappa shape index (κ3) is 4.51. The van der Waals surface area contributed by atoms with Crippen molar-refractivity contribution in [1.29, 1.82) is 0 Å². The van der Waals surface area contributed by atoms with Crippen LogP contribution in [0, 0.1) is 13.8 Å². The van der Waals surface area contributed by atoms with Gasteiger partial charge in [-0.05, 0) is 49.9 Å². The average Bonchev–Trinajstić information content (AvgIpc) is 2.56. The fraction of sp³-hybridized carbons (Fsp3) is 0.350. The van der Waals surface area contributed by atoms with Crippen molar-refractivity contribution in [3.63, 3.8) is 0 Å². The van der Waals surface area contributed by atoms with Gasteiger partial charge in [0.15, 0.2) is 0 Å². The molecule has 0 unspecified atom stereocenters. The van der Waals surface area contributed by atoms with Crippen LogP contribution in [0.2, 0.25) is 0 Å². The van der Waals surface area contributed by atoms with E-state index in [-0.39, 0.29) is 0 Å². The summed E-state index contributed by atoms with van der Waals surface area (Å²) in [4.78, 5) is 11.7. The molecule has 0 atom stereocenters. The van der Waals surface area contributed by atoms with E-state index in [0.29, 0.717) is 13.2 Å². The van der Waals surface area contributed by atoms with Gasteiger partial charge in [-0.1, -0.05) is 37.3 Å². The summed E-state index contributed by atoms with van der Waals surface area (Å²) >= 11 is 0. The number of benzene rings is 2. The summed E-state index contributed by atoms with van der Waals surface area (Å²) in [6.07, 6.45) is 0.559. The number of hydrogen-bond acceptors (Lipinski definition) is 3. The van der Waals surface area contributed by atoms with Crippen molar-refractivity contribution in [2.45, 2.75) is 40.7 Å². The molecule has 0 aliphatic heterocycles. The van der Waals surface area contributed by atoms with Crippen LogP contribution in [0.4, 0.5) is 10.5 Å². The minimum atomic E-state index is -0.448. The van der Waals surface area contributed by atoms with Crippen LogP contribution in [0.1, 0.15) is 36.1 Å². The van der Waals surface area contributed by atoms with Crippen molar-refractivity contribution in [3.05, 3.63) is 58.7 Å². The van der Waals surface area contributed by atoms with E-state index >= 15 is 0 Å². The first-order valence-corrected chi connectivity index (χ1v) is 8.29. The van der Waals surface area contributed by atoms with Crippen molar-refractivity contribution < 1.29 is 14.3 Å². The zero-order valence-electron chi connectivity index (χ0n) is 14.8. The van der Waals surface area contributed by atoms with E-state index in [2.05, 4.69) is 24.4 Å². The predicted octanol–water partition coefficient (Wildman–Crippen LogP) is 5.01. The lowest BCUT2D eigenvalue weighted by atomic mass is 10.1. The standard InChI is InChI=1S/C20H25NO3/c1-5-16-10-11-18(15(4)12-16)24-13-17-9-7-8-14(3)19(17)21-20(22)23-6-2/h7-12H,5-6,13H2,1-4H3,(H,21,22). The van der Waals surface area contributed by atoms with E-state index in [1.165, 1.54) is 5.56 Å². The third-order valence-electron chi connectivity index (χ3n) is 3.89. The Labute approximate surface area is 143 Å². The number of aryl methyl sites for hydroxylation is 3. The van der Waals surface area contributed by atoms with Crippen molar-refractivity contribution in [2.24, 2.45) is 0 Å². The lowest BCUT2D eigenvalue weighted by molar-refractivity contribution is 0.168. The van der Waals surface area contributed by atoms with E-state index in [1.54, 1.807) is 6.92 Å². The molecule has 0 saturated heterocycles. The molecule has 0 fully saturated rings. The maximum absolute atomic E-state index is 11.7. The first-order chi connectivity index (χ1) is 11.5. The van der Waals surface area contributed by atoms with Gasteiger partial charge in [0.1, 0.15) is 12.4 Å². The number of para-hydroxylation sites is 1. The minimum Gasteiger partial charge on any atom is -0.489 e. The summed E-state index contributed by atoms with van der Waals surface area (Å²) in [6.45, 7) is 8.64. The SMILES string of the molecule is CCOC(=O)Nc1c(C)cccc1COc1ccc(CC)cc1C. The van der Waals surface area contributed by atoms with E-state index in [9.17, 15) is 4.79 Å². The lowest BCUT2D eigenvalue weighted by Crippen LogP contribution is -2.16. The zero-order valence-corrected chi connectivity index (χ0v) is 14.8. The number of carbonyl (C=O) groups is 1. The van der Waals surface area contributed by atoms with Crippen LogP contribution in [0.15, 0.2) is 36.4 Å². The monoisotopic (exact) mass is 327 g/mol. The second kappa shape index (κ2) is 8.39. The summed E-state index contributed by atoms with van der Waals surface area (Å²) in [6, 6.07) is 12.1. The van der Waals surface area contributed by atoms with Gasteiger partial charge >= 0.3 is 6.09 Å². The summed E-state index contributed by atoms with van der Waals surface area (Å²) < 4.78 is 10.9. The summed E-state index contributed by atoms with van der Waals surface area (Å²) in [7, 11) is 0. The molecule has 0 aliphatic rings. The predicted molar refractivity (Wildman–Crippen MR) is 96.7 cm³/mol. The molecule has 128 valence electrons. The number of hydrogen-bond donors (Lipinski definition) is 1. The van der Waals surface area contributed by atoms with Crippen LogP contribution in [0.3, 0.4) is 0 Å². The molecule has 0 heterocycles. The van der Waals surface area contributed by atoms with Crippen molar-refractivity contribution in [3.8, 4) is 5.75 Å². The lowest BCUT2D eigenvalue weighted by Gasteiger charge is -2.15. The smallest absolute Gasteiger partial charge is 0.411 e. The van der Waals surface area contributed by atoms with Gasteiger partial charge in [0, 0.05) is 5.56 Å². The fourth-order valence-corrected chi connectivity index (χ4v) is 2.55. The number of anilines is 1. The molecular weight excluding hydrogens is 302 g/mol. The van der Waals surface area contributed by atoms with Gasteiger partial charge in [-0.25, -0.2) is 4.79 Å². The molecule has 1 N–H and O–H groups in total. The zero-order chi connectivity index (χ0) is 17.5. The van der Waals surface area contributed by atoms with Crippen LogP contribution < -0.4 is 10.1 Å². The van der Waals surface area contributed by atoms with Gasteiger partial charge in [0.25, 0.3) is 0 Å². The minimum absolute atomic E-state index is 0.340. The summed E-state index contributed by atoms with van der Waals surface area (Å²) in [5, 5.41) is 2.81. The highest BCUT2D eigenvalue weighted by Crippen LogP contribution is 2.25. The maximum atomic E-state index is 11.7. The van der Waals surface area contributed by atoms with Gasteiger partial charge < -0.3 is 9.47 Å². The van der Waals surface area contributed by atoms with Gasteiger partial charge in [-0.15, -0.1) is 0 Å². The molecule has 0 aliphatic carbocycles. The van der Waals surface area contributed by atoms with Gasteiger partial charge in [-0.3, -0.25) is 5.32 Å². The number of rotatable bonds is 6. The molecule has 0 aromatic heterocycles. The number of nitrogens with one attached hydrogen (secondary N) is 1. The normalized spacial score (nSPS) is 10.3. The van der Waals surface area contributed by atoms with E-state index in [1.807, 2.05) is 38.1 Å². The fourth-order valence-electron chi connectivity index (χ4n) is 2.55. The van der Waals surface area contributed by atoms with Crippen molar-refractivity contribution in [2.75, 3.05) is 11.9 Å². The number of ether oxygens (including phenoxy) is 2. The number of carbonyl (C=O) groups excluding carboxylic acids is 1. The summed E-state index contributed by atoms with van der Waals surface area (Å²) in [5.74, 6) is 0.857. The molecule has 0 bridgehead atoms. The van der Waals surface area contributed by atoms with E-state index in [4.69, 9.17) is 9.47 Å². The van der Waals surface area contributed by atoms with Crippen LogP contribution in [-0.2, 0) is 17.8 Å². The Morgan fingerprint density at radius 2 is 1.88 bits per heavy atom. The number of amides is 1. The van der Waals surface area contributed by atoms with Crippen LogP contribution in [0.5, 0.6) is 5.75 Å². The second-order valence-corrected chi connectivity index (χ2v) is 5.70. The molecule has 1 amide bonds. The van der Waals surface area contributed by atoms with Crippen molar-refractivity contribution in [1.82, 2.24) is 0 Å². The molecule has 4 nitrogen and oxygen atoms in total. The van der Waals surface area contributed by atoms with E-state index in [0.717, 1.165) is 34.5 Å². The second-order valence-electron chi connectivity index (χ2n) is 5.70. The first-order valence-electron chi connectivity index (χ1n) is 8.29. The van der Waals surface area contributed by atoms with Crippen LogP contribution in [-0.4, -0.2) is 12.7 Å². The Kier molecular flexibility index (Phi) is 6.24. The maximum Gasteiger partial charge on any atom is 0.411 e. The van der Waals surface area contributed by atoms with Gasteiger partial charge in [-0.2, -0.15) is 0 Å². The molecule has 0 radical (unpaired) electrons. The highest BCUT2D eigenvalue weighted by Gasteiger charge is 2.11.